The predicted molar refractivity (Wildman–Crippen MR) is 79.3 cm³/mol. The van der Waals surface area contributed by atoms with E-state index in [1.165, 1.54) is 35.0 Å². The smallest absolute Gasteiger partial charge is 0.186 e. The van der Waals surface area contributed by atoms with Crippen molar-refractivity contribution >= 4 is 16.5 Å². The first-order valence-corrected chi connectivity index (χ1v) is 7.88. The zero-order valence-corrected chi connectivity index (χ0v) is 12.8. The molecule has 102 valence electrons. The molecule has 1 aromatic rings. The van der Waals surface area contributed by atoms with Crippen LogP contribution in [0.25, 0.3) is 0 Å². The number of thiazole rings is 1. The third-order valence-electron chi connectivity index (χ3n) is 3.93. The van der Waals surface area contributed by atoms with Gasteiger partial charge in [-0.1, -0.05) is 20.8 Å². The highest BCUT2D eigenvalue weighted by Gasteiger charge is 2.32. The number of anilines is 1. The highest BCUT2D eigenvalue weighted by atomic mass is 32.1. The lowest BCUT2D eigenvalue weighted by Crippen LogP contribution is -2.33. The minimum atomic E-state index is 0.464. The summed E-state index contributed by atoms with van der Waals surface area (Å²) in [7, 11) is 0. The SMILES string of the molecule is CCC1CCC(C)N1c1nc(C(C)C)c(CN)s1. The number of hydrogen-bond acceptors (Lipinski definition) is 4. The van der Waals surface area contributed by atoms with Crippen LogP contribution < -0.4 is 10.6 Å². The molecule has 2 rings (SSSR count). The molecule has 0 amide bonds. The predicted octanol–water partition coefficient (Wildman–Crippen LogP) is 3.49. The lowest BCUT2D eigenvalue weighted by Gasteiger charge is -2.27. The number of hydrogen-bond donors (Lipinski definition) is 1. The molecule has 1 aliphatic heterocycles. The van der Waals surface area contributed by atoms with Gasteiger partial charge in [-0.3, -0.25) is 0 Å². The maximum atomic E-state index is 5.85. The van der Waals surface area contributed by atoms with Gasteiger partial charge in [0, 0.05) is 23.5 Å². The normalized spacial score (nSPS) is 24.2. The lowest BCUT2D eigenvalue weighted by molar-refractivity contribution is 0.624. The summed E-state index contributed by atoms with van der Waals surface area (Å²) in [5.41, 5.74) is 7.05. The van der Waals surface area contributed by atoms with Gasteiger partial charge in [0.1, 0.15) is 0 Å². The van der Waals surface area contributed by atoms with E-state index >= 15 is 0 Å². The Labute approximate surface area is 114 Å². The molecular formula is C14H25N3S. The molecule has 2 heterocycles. The highest BCUT2D eigenvalue weighted by Crippen LogP contribution is 2.37. The summed E-state index contributed by atoms with van der Waals surface area (Å²) in [6.07, 6.45) is 3.79. The van der Waals surface area contributed by atoms with Gasteiger partial charge in [0.15, 0.2) is 5.13 Å². The first-order valence-electron chi connectivity index (χ1n) is 7.06. The van der Waals surface area contributed by atoms with Gasteiger partial charge in [-0.25, -0.2) is 4.98 Å². The summed E-state index contributed by atoms with van der Waals surface area (Å²) >= 11 is 1.80. The van der Waals surface area contributed by atoms with Gasteiger partial charge in [0.25, 0.3) is 0 Å². The van der Waals surface area contributed by atoms with Gasteiger partial charge in [0.05, 0.1) is 5.69 Å². The zero-order valence-electron chi connectivity index (χ0n) is 11.9. The Morgan fingerprint density at radius 3 is 2.67 bits per heavy atom. The van der Waals surface area contributed by atoms with Crippen molar-refractivity contribution in [2.24, 2.45) is 5.73 Å². The molecule has 18 heavy (non-hydrogen) atoms. The minimum Gasteiger partial charge on any atom is -0.342 e. The lowest BCUT2D eigenvalue weighted by atomic mass is 10.1. The molecule has 0 saturated carbocycles. The van der Waals surface area contributed by atoms with Crippen LogP contribution >= 0.6 is 11.3 Å². The van der Waals surface area contributed by atoms with E-state index in [4.69, 9.17) is 10.7 Å². The molecule has 0 aliphatic carbocycles. The van der Waals surface area contributed by atoms with Crippen molar-refractivity contribution in [3.05, 3.63) is 10.6 Å². The van der Waals surface area contributed by atoms with Crippen molar-refractivity contribution in [2.45, 2.75) is 71.5 Å². The van der Waals surface area contributed by atoms with Gasteiger partial charge < -0.3 is 10.6 Å². The fraction of sp³-hybridized carbons (Fsp3) is 0.786. The van der Waals surface area contributed by atoms with Crippen LogP contribution in [0.4, 0.5) is 5.13 Å². The van der Waals surface area contributed by atoms with E-state index in [0.29, 0.717) is 24.5 Å². The quantitative estimate of drug-likeness (QED) is 0.908. The molecule has 4 heteroatoms. The van der Waals surface area contributed by atoms with E-state index < -0.39 is 0 Å². The molecule has 3 nitrogen and oxygen atoms in total. The molecule has 0 spiro atoms. The summed E-state index contributed by atoms with van der Waals surface area (Å²) in [5.74, 6) is 0.464. The van der Waals surface area contributed by atoms with Crippen molar-refractivity contribution in [2.75, 3.05) is 4.90 Å². The Balaban J connectivity index is 2.32. The van der Waals surface area contributed by atoms with E-state index in [9.17, 15) is 0 Å². The van der Waals surface area contributed by atoms with Crippen LogP contribution in [0.15, 0.2) is 0 Å². The molecule has 2 atom stereocenters. The molecule has 0 aromatic carbocycles. The van der Waals surface area contributed by atoms with Crippen molar-refractivity contribution in [1.29, 1.82) is 0 Å². The van der Waals surface area contributed by atoms with Crippen molar-refractivity contribution in [3.63, 3.8) is 0 Å². The molecule has 2 unspecified atom stereocenters. The summed E-state index contributed by atoms with van der Waals surface area (Å²) in [4.78, 5) is 8.66. The monoisotopic (exact) mass is 267 g/mol. The summed E-state index contributed by atoms with van der Waals surface area (Å²) < 4.78 is 0. The second-order valence-corrected chi connectivity index (χ2v) is 6.62. The molecule has 1 saturated heterocycles. The molecule has 1 aromatic heterocycles. The van der Waals surface area contributed by atoms with Crippen molar-refractivity contribution < 1.29 is 0 Å². The van der Waals surface area contributed by atoms with Gasteiger partial charge in [0.2, 0.25) is 0 Å². The van der Waals surface area contributed by atoms with Crippen LogP contribution in [0.3, 0.4) is 0 Å². The molecule has 0 bridgehead atoms. The average molecular weight is 267 g/mol. The highest BCUT2D eigenvalue weighted by molar-refractivity contribution is 7.15. The van der Waals surface area contributed by atoms with Crippen molar-refractivity contribution in [1.82, 2.24) is 4.98 Å². The number of rotatable bonds is 4. The number of aromatic nitrogens is 1. The first kappa shape index (κ1) is 13.8. The standard InChI is InChI=1S/C14H25N3S/c1-5-11-7-6-10(4)17(11)14-16-13(9(2)3)12(8-15)18-14/h9-11H,5-8,15H2,1-4H3. The van der Waals surface area contributed by atoms with E-state index in [0.717, 1.165) is 0 Å². The van der Waals surface area contributed by atoms with Crippen LogP contribution in [-0.2, 0) is 6.54 Å². The second kappa shape index (κ2) is 5.57. The largest absolute Gasteiger partial charge is 0.342 e. The third-order valence-corrected chi connectivity index (χ3v) is 5.03. The minimum absolute atomic E-state index is 0.464. The van der Waals surface area contributed by atoms with Gasteiger partial charge in [-0.15, -0.1) is 11.3 Å². The molecule has 1 aliphatic rings. The van der Waals surface area contributed by atoms with E-state index in [1.807, 2.05) is 0 Å². The van der Waals surface area contributed by atoms with E-state index in [-0.39, 0.29) is 0 Å². The first-order chi connectivity index (χ1) is 8.58. The van der Waals surface area contributed by atoms with Crippen LogP contribution in [0.2, 0.25) is 0 Å². The van der Waals surface area contributed by atoms with Crippen LogP contribution in [0, 0.1) is 0 Å². The second-order valence-electron chi connectivity index (χ2n) is 5.56. The Morgan fingerprint density at radius 2 is 2.17 bits per heavy atom. The van der Waals surface area contributed by atoms with Crippen LogP contribution in [-0.4, -0.2) is 17.1 Å². The maximum absolute atomic E-state index is 5.85. The molecule has 2 N–H and O–H groups in total. The Hall–Kier alpha value is -0.610. The van der Waals surface area contributed by atoms with Gasteiger partial charge in [-0.2, -0.15) is 0 Å². The Bertz CT molecular complexity index is 400. The molecule has 0 radical (unpaired) electrons. The summed E-state index contributed by atoms with van der Waals surface area (Å²) in [5, 5.41) is 1.19. The average Bonchev–Trinajstić information content (AvgIpc) is 2.91. The van der Waals surface area contributed by atoms with Gasteiger partial charge >= 0.3 is 0 Å². The molecule has 1 fully saturated rings. The van der Waals surface area contributed by atoms with Gasteiger partial charge in [-0.05, 0) is 32.1 Å². The zero-order chi connectivity index (χ0) is 13.3. The molecular weight excluding hydrogens is 242 g/mol. The third kappa shape index (κ3) is 2.41. The fourth-order valence-corrected chi connectivity index (χ4v) is 4.14. The van der Waals surface area contributed by atoms with Crippen LogP contribution in [0.5, 0.6) is 0 Å². The number of nitrogens with zero attached hydrogens (tertiary/aromatic N) is 2. The Morgan fingerprint density at radius 1 is 1.44 bits per heavy atom. The van der Waals surface area contributed by atoms with E-state index in [2.05, 4.69) is 32.6 Å². The fourth-order valence-electron chi connectivity index (χ4n) is 2.88. The van der Waals surface area contributed by atoms with Crippen molar-refractivity contribution in [3.8, 4) is 0 Å². The number of nitrogens with two attached hydrogens (primary N) is 1. The van der Waals surface area contributed by atoms with Crippen LogP contribution in [0.1, 0.15) is 63.4 Å². The maximum Gasteiger partial charge on any atom is 0.186 e. The summed E-state index contributed by atoms with van der Waals surface area (Å²) in [6, 6.07) is 1.28. The summed E-state index contributed by atoms with van der Waals surface area (Å²) in [6.45, 7) is 9.60. The Kier molecular flexibility index (Phi) is 4.28. The van der Waals surface area contributed by atoms with E-state index in [1.54, 1.807) is 11.3 Å². The topological polar surface area (TPSA) is 42.2 Å².